The van der Waals surface area contributed by atoms with E-state index in [0.29, 0.717) is 22.6 Å². The van der Waals surface area contributed by atoms with Crippen LogP contribution in [0.25, 0.3) is 11.0 Å². The molecule has 1 heterocycles. The summed E-state index contributed by atoms with van der Waals surface area (Å²) >= 11 is 6.32. The number of rotatable bonds is 5. The first-order valence-corrected chi connectivity index (χ1v) is 11.9. The van der Waals surface area contributed by atoms with E-state index in [1.807, 2.05) is 41.8 Å². The lowest BCUT2D eigenvalue weighted by molar-refractivity contribution is 0.0981. The van der Waals surface area contributed by atoms with E-state index >= 15 is 0 Å². The Morgan fingerprint density at radius 2 is 1.78 bits per heavy atom. The first-order valence-electron chi connectivity index (χ1n) is 10.0. The number of benzene rings is 3. The predicted molar refractivity (Wildman–Crippen MR) is 126 cm³/mol. The van der Waals surface area contributed by atoms with Gasteiger partial charge in [0, 0.05) is 10.6 Å². The summed E-state index contributed by atoms with van der Waals surface area (Å²) in [7, 11) is -4.01. The van der Waals surface area contributed by atoms with E-state index in [2.05, 4.69) is 9.71 Å². The number of carbonyl (C=O) groups is 1. The second-order valence-electron chi connectivity index (χ2n) is 7.74. The highest BCUT2D eigenvalue weighted by molar-refractivity contribution is 7.90. The molecule has 0 bridgehead atoms. The highest BCUT2D eigenvalue weighted by Gasteiger charge is 2.22. The van der Waals surface area contributed by atoms with Crippen LogP contribution in [-0.2, 0) is 16.6 Å². The summed E-state index contributed by atoms with van der Waals surface area (Å²) in [6, 6.07) is 17.6. The second-order valence-corrected chi connectivity index (χ2v) is 9.80. The van der Waals surface area contributed by atoms with Crippen molar-refractivity contribution in [2.75, 3.05) is 0 Å². The predicted octanol–water partition coefficient (Wildman–Crippen LogP) is 4.78. The first-order chi connectivity index (χ1) is 15.2. The molecule has 0 fully saturated rings. The highest BCUT2D eigenvalue weighted by Crippen LogP contribution is 2.23. The van der Waals surface area contributed by atoms with Crippen molar-refractivity contribution in [2.24, 2.45) is 0 Å². The minimum Gasteiger partial charge on any atom is -0.324 e. The second kappa shape index (κ2) is 8.41. The molecule has 0 aliphatic carbocycles. The molecule has 8 heteroatoms. The summed E-state index contributed by atoms with van der Waals surface area (Å²) in [5.41, 5.74) is 3.95. The quantitative estimate of drug-likeness (QED) is 0.458. The van der Waals surface area contributed by atoms with Gasteiger partial charge in [-0.05, 0) is 67.8 Å². The molecule has 164 valence electrons. The van der Waals surface area contributed by atoms with Gasteiger partial charge in [-0.2, -0.15) is 0 Å². The molecule has 6 nitrogen and oxygen atoms in total. The fourth-order valence-corrected chi connectivity index (χ4v) is 5.11. The topological polar surface area (TPSA) is 81.1 Å². The Labute approximate surface area is 191 Å². The van der Waals surface area contributed by atoms with Crippen molar-refractivity contribution in [1.82, 2.24) is 14.3 Å². The summed E-state index contributed by atoms with van der Waals surface area (Å²) in [4.78, 5) is 17.5. The Morgan fingerprint density at radius 1 is 1.03 bits per heavy atom. The van der Waals surface area contributed by atoms with Crippen molar-refractivity contribution in [3.63, 3.8) is 0 Å². The number of amides is 1. The molecule has 0 saturated carbocycles. The van der Waals surface area contributed by atoms with E-state index in [1.165, 1.54) is 0 Å². The smallest absolute Gasteiger partial charge is 0.265 e. The van der Waals surface area contributed by atoms with Crippen LogP contribution in [0, 0.1) is 20.8 Å². The van der Waals surface area contributed by atoms with Gasteiger partial charge in [0.2, 0.25) is 0 Å². The number of aromatic nitrogens is 2. The third-order valence-electron chi connectivity index (χ3n) is 5.35. The monoisotopic (exact) mass is 467 g/mol. The molecule has 32 heavy (non-hydrogen) atoms. The normalized spacial score (nSPS) is 11.6. The average Bonchev–Trinajstić information content (AvgIpc) is 3.05. The van der Waals surface area contributed by atoms with Crippen LogP contribution in [0.5, 0.6) is 0 Å². The van der Waals surface area contributed by atoms with E-state index in [1.54, 1.807) is 44.2 Å². The van der Waals surface area contributed by atoms with Crippen molar-refractivity contribution in [3.05, 3.63) is 93.8 Å². The molecular weight excluding hydrogens is 446 g/mol. The van der Waals surface area contributed by atoms with Crippen LogP contribution >= 0.6 is 11.6 Å². The Morgan fingerprint density at radius 3 is 2.53 bits per heavy atom. The minimum atomic E-state index is -4.01. The molecule has 0 spiro atoms. The number of imidazole rings is 1. The average molecular weight is 468 g/mol. The van der Waals surface area contributed by atoms with Gasteiger partial charge in [0.25, 0.3) is 15.9 Å². The fourth-order valence-electron chi connectivity index (χ4n) is 3.61. The Bertz CT molecular complexity index is 1460. The number of sulfonamides is 1. The maximum atomic E-state index is 12.9. The lowest BCUT2D eigenvalue weighted by atomic mass is 10.2. The molecule has 4 rings (SSSR count). The summed E-state index contributed by atoms with van der Waals surface area (Å²) in [5, 5.41) is 0.641. The van der Waals surface area contributed by atoms with Crippen molar-refractivity contribution < 1.29 is 13.2 Å². The van der Waals surface area contributed by atoms with Crippen LogP contribution < -0.4 is 4.72 Å². The zero-order valence-corrected chi connectivity index (χ0v) is 19.5. The Kier molecular flexibility index (Phi) is 5.79. The number of nitrogens with zero attached hydrogens (tertiary/aromatic N) is 2. The number of fused-ring (bicyclic) bond motifs is 1. The van der Waals surface area contributed by atoms with E-state index in [0.717, 1.165) is 22.5 Å². The number of hydrogen-bond donors (Lipinski definition) is 1. The molecule has 0 saturated heterocycles. The summed E-state index contributed by atoms with van der Waals surface area (Å²) in [6.45, 7) is 5.85. The molecule has 0 radical (unpaired) electrons. The van der Waals surface area contributed by atoms with Gasteiger partial charge in [0.05, 0.1) is 22.5 Å². The Balaban J connectivity index is 1.68. The maximum Gasteiger partial charge on any atom is 0.265 e. The van der Waals surface area contributed by atoms with Crippen molar-refractivity contribution in [1.29, 1.82) is 0 Å². The molecule has 0 unspecified atom stereocenters. The van der Waals surface area contributed by atoms with Gasteiger partial charge in [-0.15, -0.1) is 0 Å². The molecule has 0 aliphatic rings. The molecule has 3 aromatic carbocycles. The zero-order valence-electron chi connectivity index (χ0n) is 17.9. The molecule has 1 amide bonds. The number of carbonyl (C=O) groups excluding carboxylic acids is 1. The van der Waals surface area contributed by atoms with Crippen LogP contribution in [0.3, 0.4) is 0 Å². The molecular formula is C24H22ClN3O3S. The summed E-state index contributed by atoms with van der Waals surface area (Å²) in [5.74, 6) is 0.0661. The van der Waals surface area contributed by atoms with Crippen LogP contribution in [0.2, 0.25) is 5.02 Å². The van der Waals surface area contributed by atoms with E-state index in [4.69, 9.17) is 11.6 Å². The SMILES string of the molecule is Cc1ccc(C)c(S(=O)(=O)NC(=O)c2ccc3nc(C)n(Cc4ccccc4Cl)c3c2)c1. The molecule has 0 atom stereocenters. The van der Waals surface area contributed by atoms with Crippen molar-refractivity contribution in [3.8, 4) is 0 Å². The van der Waals surface area contributed by atoms with E-state index in [9.17, 15) is 13.2 Å². The van der Waals surface area contributed by atoms with Crippen LogP contribution in [0.15, 0.2) is 65.6 Å². The van der Waals surface area contributed by atoms with E-state index in [-0.39, 0.29) is 10.5 Å². The summed E-state index contributed by atoms with van der Waals surface area (Å²) < 4.78 is 29.8. The van der Waals surface area contributed by atoms with Crippen molar-refractivity contribution in [2.45, 2.75) is 32.2 Å². The largest absolute Gasteiger partial charge is 0.324 e. The molecule has 1 aromatic heterocycles. The molecule has 0 aliphatic heterocycles. The molecule has 4 aromatic rings. The first kappa shape index (κ1) is 22.0. The standard InChI is InChI=1S/C24H22ClN3O3S/c1-15-8-9-16(2)23(12-15)32(30,31)27-24(29)18-10-11-21-22(13-18)28(17(3)26-21)14-19-6-4-5-7-20(19)25/h4-13H,14H2,1-3H3,(H,27,29). The van der Waals surface area contributed by atoms with Crippen LogP contribution in [-0.4, -0.2) is 23.9 Å². The lowest BCUT2D eigenvalue weighted by Gasteiger charge is -2.11. The van der Waals surface area contributed by atoms with Gasteiger partial charge in [-0.25, -0.2) is 18.1 Å². The number of nitrogens with one attached hydrogen (secondary N) is 1. The molecule has 1 N–H and O–H groups in total. The van der Waals surface area contributed by atoms with Gasteiger partial charge >= 0.3 is 0 Å². The third kappa shape index (κ3) is 4.26. The van der Waals surface area contributed by atoms with E-state index < -0.39 is 15.9 Å². The van der Waals surface area contributed by atoms with Gasteiger partial charge in [-0.3, -0.25) is 4.79 Å². The van der Waals surface area contributed by atoms with Crippen LogP contribution in [0.4, 0.5) is 0 Å². The zero-order chi connectivity index (χ0) is 23.0. The summed E-state index contributed by atoms with van der Waals surface area (Å²) in [6.07, 6.45) is 0. The van der Waals surface area contributed by atoms with Gasteiger partial charge in [0.15, 0.2) is 0 Å². The van der Waals surface area contributed by atoms with Gasteiger partial charge in [0.1, 0.15) is 5.82 Å². The number of halogens is 1. The number of aryl methyl sites for hydroxylation is 3. The third-order valence-corrected chi connectivity index (χ3v) is 7.19. The van der Waals surface area contributed by atoms with Crippen molar-refractivity contribution >= 4 is 38.6 Å². The Hall–Kier alpha value is -3.16. The van der Waals surface area contributed by atoms with Crippen LogP contribution in [0.1, 0.15) is 32.9 Å². The van der Waals surface area contributed by atoms with Gasteiger partial charge < -0.3 is 4.57 Å². The lowest BCUT2D eigenvalue weighted by Crippen LogP contribution is -2.31. The highest BCUT2D eigenvalue weighted by atomic mass is 35.5. The van der Waals surface area contributed by atoms with Gasteiger partial charge in [-0.1, -0.05) is 41.9 Å². The fraction of sp³-hybridized carbons (Fsp3) is 0.167. The maximum absolute atomic E-state index is 12.9. The minimum absolute atomic E-state index is 0.0894. The number of hydrogen-bond acceptors (Lipinski definition) is 4.